The molecule has 35 heavy (non-hydrogen) atoms. The van der Waals surface area contributed by atoms with Gasteiger partial charge in [0.05, 0.1) is 0 Å². The first-order valence-corrected chi connectivity index (χ1v) is 13.1. The second-order valence-electron chi connectivity index (χ2n) is 9.64. The van der Waals surface area contributed by atoms with Crippen LogP contribution in [0, 0.1) is 11.8 Å². The quantitative estimate of drug-likeness (QED) is 0.240. The highest BCUT2D eigenvalue weighted by molar-refractivity contribution is 5.96. The highest BCUT2D eigenvalue weighted by atomic mass is 16.2. The van der Waals surface area contributed by atoms with E-state index in [0.717, 1.165) is 61.0 Å². The van der Waals surface area contributed by atoms with Gasteiger partial charge in [-0.15, -0.1) is 0 Å². The van der Waals surface area contributed by atoms with E-state index < -0.39 is 0 Å². The predicted molar refractivity (Wildman–Crippen MR) is 145 cm³/mol. The van der Waals surface area contributed by atoms with Gasteiger partial charge in [-0.05, 0) is 79.8 Å². The van der Waals surface area contributed by atoms with Crippen molar-refractivity contribution in [3.63, 3.8) is 0 Å². The molecule has 186 valence electrons. The number of anilines is 1. The smallest absolute Gasteiger partial charge is 0.227 e. The Morgan fingerprint density at radius 2 is 2.06 bits per heavy atom. The number of nitrogens with zero attached hydrogens (tertiary/aromatic N) is 2. The SMILES string of the molecule is CC=CC=C(C)C(=O)CCCC(CCC)C1CC(=O)N(c2cccc(-c3cnccc3CC)c2)C1. The molecule has 2 heterocycles. The molecule has 0 saturated carbocycles. The fourth-order valence-electron chi connectivity index (χ4n) is 5.18. The van der Waals surface area contributed by atoms with Gasteiger partial charge in [-0.3, -0.25) is 14.6 Å². The monoisotopic (exact) mass is 472 g/mol. The Hall–Kier alpha value is -3.01. The Balaban J connectivity index is 1.68. The van der Waals surface area contributed by atoms with Gasteiger partial charge in [-0.25, -0.2) is 0 Å². The van der Waals surface area contributed by atoms with E-state index in [1.807, 2.05) is 61.5 Å². The van der Waals surface area contributed by atoms with E-state index in [1.165, 1.54) is 5.56 Å². The molecule has 2 atom stereocenters. The van der Waals surface area contributed by atoms with Crippen LogP contribution >= 0.6 is 0 Å². The fraction of sp³-hybridized carbons (Fsp3) is 0.452. The van der Waals surface area contributed by atoms with Crippen molar-refractivity contribution >= 4 is 17.4 Å². The van der Waals surface area contributed by atoms with Crippen molar-refractivity contribution in [1.82, 2.24) is 4.98 Å². The summed E-state index contributed by atoms with van der Waals surface area (Å²) >= 11 is 0. The highest BCUT2D eigenvalue weighted by Crippen LogP contribution is 2.36. The van der Waals surface area contributed by atoms with Crippen LogP contribution in [0.2, 0.25) is 0 Å². The minimum absolute atomic E-state index is 0.205. The summed E-state index contributed by atoms with van der Waals surface area (Å²) in [7, 11) is 0. The zero-order valence-corrected chi connectivity index (χ0v) is 21.8. The van der Waals surface area contributed by atoms with Crippen LogP contribution in [0.1, 0.15) is 71.8 Å². The summed E-state index contributed by atoms with van der Waals surface area (Å²) in [5, 5.41) is 0. The van der Waals surface area contributed by atoms with Gasteiger partial charge in [0.1, 0.15) is 0 Å². The zero-order valence-electron chi connectivity index (χ0n) is 21.8. The lowest BCUT2D eigenvalue weighted by molar-refractivity contribution is -0.118. The number of ketones is 1. The number of hydrogen-bond acceptors (Lipinski definition) is 3. The molecule has 1 aliphatic rings. The molecule has 0 bridgehead atoms. The van der Waals surface area contributed by atoms with Crippen LogP contribution in [0.5, 0.6) is 0 Å². The number of aryl methyl sites for hydroxylation is 1. The number of pyridine rings is 1. The number of Topliss-reactive ketones (excluding diaryl/α,β-unsaturated/α-hetero) is 1. The van der Waals surface area contributed by atoms with Crippen LogP contribution in [0.4, 0.5) is 5.69 Å². The predicted octanol–water partition coefficient (Wildman–Crippen LogP) is 7.34. The Kier molecular flexibility index (Phi) is 10.0. The van der Waals surface area contributed by atoms with Crippen LogP contribution in [0.3, 0.4) is 0 Å². The summed E-state index contributed by atoms with van der Waals surface area (Å²) in [5.41, 5.74) is 5.28. The summed E-state index contributed by atoms with van der Waals surface area (Å²) in [6, 6.07) is 10.4. The molecule has 1 amide bonds. The number of rotatable bonds is 12. The number of aromatic nitrogens is 1. The number of hydrogen-bond donors (Lipinski definition) is 0. The third-order valence-electron chi connectivity index (χ3n) is 7.20. The molecular formula is C31H40N2O2. The van der Waals surface area contributed by atoms with Gasteiger partial charge in [-0.2, -0.15) is 0 Å². The van der Waals surface area contributed by atoms with Crippen molar-refractivity contribution in [1.29, 1.82) is 0 Å². The van der Waals surface area contributed by atoms with E-state index in [2.05, 4.69) is 37.0 Å². The molecule has 2 aromatic rings. The molecule has 1 fully saturated rings. The molecule has 1 saturated heterocycles. The van der Waals surface area contributed by atoms with E-state index in [1.54, 1.807) is 0 Å². The maximum Gasteiger partial charge on any atom is 0.227 e. The van der Waals surface area contributed by atoms with Crippen LogP contribution < -0.4 is 4.90 Å². The number of carbonyl (C=O) groups is 2. The van der Waals surface area contributed by atoms with Crippen molar-refractivity contribution in [2.45, 2.75) is 72.6 Å². The number of allylic oxidation sites excluding steroid dienone is 4. The number of carbonyl (C=O) groups excluding carboxylic acids is 2. The van der Waals surface area contributed by atoms with Crippen molar-refractivity contribution in [3.05, 3.63) is 72.1 Å². The van der Waals surface area contributed by atoms with Crippen molar-refractivity contribution in [2.75, 3.05) is 11.4 Å². The lowest BCUT2D eigenvalue weighted by atomic mass is 9.83. The summed E-state index contributed by atoms with van der Waals surface area (Å²) in [6.45, 7) is 8.96. The summed E-state index contributed by atoms with van der Waals surface area (Å²) in [4.78, 5) is 31.8. The third kappa shape index (κ3) is 7.00. The minimum atomic E-state index is 0.205. The van der Waals surface area contributed by atoms with Gasteiger partial charge in [0, 0.05) is 43.0 Å². The maximum absolute atomic E-state index is 13.1. The Labute approximate surface area is 211 Å². The molecule has 2 unspecified atom stereocenters. The highest BCUT2D eigenvalue weighted by Gasteiger charge is 2.35. The Bertz CT molecular complexity index is 1070. The number of benzene rings is 1. The molecule has 4 heteroatoms. The molecule has 0 aliphatic carbocycles. The topological polar surface area (TPSA) is 50.3 Å². The van der Waals surface area contributed by atoms with E-state index in [-0.39, 0.29) is 11.7 Å². The molecule has 0 N–H and O–H groups in total. The summed E-state index contributed by atoms with van der Waals surface area (Å²) in [6.07, 6.45) is 15.7. The molecule has 0 spiro atoms. The molecule has 4 nitrogen and oxygen atoms in total. The molecule has 0 radical (unpaired) electrons. The van der Waals surface area contributed by atoms with Gasteiger partial charge in [0.25, 0.3) is 0 Å². The number of amides is 1. The largest absolute Gasteiger partial charge is 0.312 e. The Morgan fingerprint density at radius 1 is 1.23 bits per heavy atom. The van der Waals surface area contributed by atoms with Crippen molar-refractivity contribution in [2.24, 2.45) is 11.8 Å². The second kappa shape index (κ2) is 13.2. The molecule has 1 aliphatic heterocycles. The minimum Gasteiger partial charge on any atom is -0.312 e. The standard InChI is InChI=1S/C31H40N2O2/c1-5-8-12-23(4)30(34)16-10-13-25(11-6-2)27-20-31(35)33(22-27)28-15-9-14-26(19-28)29-21-32-18-17-24(29)7-3/h5,8-9,12,14-15,17-19,21,25,27H,6-7,10-11,13,16,20,22H2,1-4H3. The van der Waals surface area contributed by atoms with Gasteiger partial charge in [0.15, 0.2) is 5.78 Å². The fourth-order valence-corrected chi connectivity index (χ4v) is 5.18. The average molecular weight is 473 g/mol. The van der Waals surface area contributed by atoms with E-state index in [4.69, 9.17) is 0 Å². The van der Waals surface area contributed by atoms with Crippen LogP contribution in [0.15, 0.2) is 66.5 Å². The summed E-state index contributed by atoms with van der Waals surface area (Å²) < 4.78 is 0. The molecule has 1 aromatic carbocycles. The average Bonchev–Trinajstić information content (AvgIpc) is 3.28. The third-order valence-corrected chi connectivity index (χ3v) is 7.20. The first-order chi connectivity index (χ1) is 17.0. The molecule has 3 rings (SSSR count). The van der Waals surface area contributed by atoms with E-state index >= 15 is 0 Å². The van der Waals surface area contributed by atoms with Gasteiger partial charge in [-0.1, -0.05) is 57.0 Å². The second-order valence-corrected chi connectivity index (χ2v) is 9.64. The van der Waals surface area contributed by atoms with E-state index in [0.29, 0.717) is 24.7 Å². The van der Waals surface area contributed by atoms with Gasteiger partial charge in [0.2, 0.25) is 5.91 Å². The van der Waals surface area contributed by atoms with Gasteiger partial charge >= 0.3 is 0 Å². The van der Waals surface area contributed by atoms with Crippen LogP contribution in [-0.4, -0.2) is 23.2 Å². The lowest BCUT2D eigenvalue weighted by Gasteiger charge is -2.24. The molecular weight excluding hydrogens is 432 g/mol. The van der Waals surface area contributed by atoms with Crippen molar-refractivity contribution in [3.8, 4) is 11.1 Å². The van der Waals surface area contributed by atoms with Gasteiger partial charge < -0.3 is 4.90 Å². The lowest BCUT2D eigenvalue weighted by Crippen LogP contribution is -2.25. The van der Waals surface area contributed by atoms with Crippen LogP contribution in [-0.2, 0) is 16.0 Å². The maximum atomic E-state index is 13.1. The normalized spacial score (nSPS) is 17.4. The molecule has 1 aromatic heterocycles. The van der Waals surface area contributed by atoms with Crippen LogP contribution in [0.25, 0.3) is 11.1 Å². The first kappa shape index (κ1) is 26.6. The van der Waals surface area contributed by atoms with E-state index in [9.17, 15) is 9.59 Å². The van der Waals surface area contributed by atoms with Crippen molar-refractivity contribution < 1.29 is 9.59 Å². The first-order valence-electron chi connectivity index (χ1n) is 13.1. The Morgan fingerprint density at radius 3 is 2.80 bits per heavy atom. The zero-order chi connectivity index (χ0) is 25.2. The summed E-state index contributed by atoms with van der Waals surface area (Å²) in [5.74, 6) is 1.23.